The van der Waals surface area contributed by atoms with Crippen LogP contribution < -0.4 is 52.1 Å². The Morgan fingerprint density at radius 1 is 0.430 bits per heavy atom. The van der Waals surface area contributed by atoms with Crippen LogP contribution in [-0.2, 0) is 64.3 Å². The third-order valence-electron chi connectivity index (χ3n) is 15.7. The Kier molecular flexibility index (Phi) is 53.8. The van der Waals surface area contributed by atoms with Gasteiger partial charge in [0.25, 0.3) is 0 Å². The molecule has 0 aromatic heterocycles. The fraction of sp³-hybridized carbons (Fsp3) is 0.283. The third kappa shape index (κ3) is 49.3. The molecule has 0 radical (unpaired) electrons. The molecule has 2 aliphatic heterocycles. The molecule has 4 atom stereocenters. The lowest BCUT2D eigenvalue weighted by Gasteiger charge is -2.22. The summed E-state index contributed by atoms with van der Waals surface area (Å²) >= 11 is 14.5. The molecule has 0 aliphatic carbocycles. The second-order valence-corrected chi connectivity index (χ2v) is 28.2. The van der Waals surface area contributed by atoms with E-state index in [2.05, 4.69) is 33.9 Å². The minimum atomic E-state index is -0.870. The van der Waals surface area contributed by atoms with E-state index < -0.39 is 42.1 Å². The number of ether oxygens (including phenoxy) is 16. The van der Waals surface area contributed by atoms with Gasteiger partial charge in [0.15, 0.2) is 31.4 Å². The molecule has 2 aliphatic rings. The van der Waals surface area contributed by atoms with E-state index in [4.69, 9.17) is 110 Å². The van der Waals surface area contributed by atoms with Gasteiger partial charge in [-0.1, -0.05) is 61.7 Å². The van der Waals surface area contributed by atoms with E-state index in [0.717, 1.165) is 121 Å². The number of alkyl halides is 1. The Morgan fingerprint density at radius 2 is 0.702 bits per heavy atom. The number of esters is 5. The smallest absolute Gasteiger partial charge is 0.355 e. The highest BCUT2D eigenvalue weighted by atomic mass is 35.5. The molecule has 2 fully saturated rings. The fourth-order valence-electron chi connectivity index (χ4n) is 9.60. The van der Waals surface area contributed by atoms with Crippen LogP contribution >= 0.6 is 39.1 Å². The average Bonchev–Trinajstić information content (AvgIpc) is 0.880. The standard InChI is InChI=1S/C24H28O6.C22H22O6.C19H20O5.C16H14O4.C8H15ClO2.C3H3ClO.H2P2S/c1-26-20-9-6-19(7-10-20)8-15-23(25)30-22-13-11-21(12-14-22)27-17-4-18-29-24-5-2-3-16-28-24;1-3-21(23)27-16-4-15-26-19-10-12-20(13-11-19)28-22(24)14-7-17-5-8-18(25-2)9-6-17;1-22-16-6-3-15(4-7-16)5-12-19(21)24-18-10-8-17(9-11-18)23-14-2-13-20;1-19-14-7-2-12(3-8-14)4-11-16(18)20-15-9-5-13(17)6-10-15;9-5-3-7-11-8-4-1-2-6-10-8;1-2-3(4)5;1-2-3/h6-15,24H,2-5,16-18H2,1H3;3,5-14H,1,4,15-16H2,2H3;3-12,20H,2,13-14H2,1H3;2-11,17H,1H3;8H,1-7H2;2H,1H2;1H2/p+1/b15-8+;14-7+;12-5+;11-4+;;;/i/hT. The van der Waals surface area contributed by atoms with Gasteiger partial charge in [0.1, 0.15) is 69.0 Å². The van der Waals surface area contributed by atoms with Gasteiger partial charge in [-0.05, 0) is 255 Å². The van der Waals surface area contributed by atoms with Crippen molar-refractivity contribution in [3.63, 3.8) is 0 Å². The first-order chi connectivity index (χ1) is 59.1. The summed E-state index contributed by atoms with van der Waals surface area (Å²) < 4.78 is 91.0. The minimum Gasteiger partial charge on any atom is -0.508 e. The van der Waals surface area contributed by atoms with Gasteiger partial charge in [0.05, 0.1) is 77.0 Å². The largest absolute Gasteiger partial charge is 0.508 e. The topological polar surface area (TPSA) is 291 Å². The number of allylic oxidation sites excluding steroid dienone is 1. The van der Waals surface area contributed by atoms with E-state index in [1.54, 1.807) is 126 Å². The van der Waals surface area contributed by atoms with Crippen LogP contribution in [0.1, 0.15) is 86.5 Å². The first kappa shape index (κ1) is 101. The fourth-order valence-corrected chi connectivity index (χ4v) is 9.71. The molecule has 4 unspecified atom stereocenters. The molecule has 24 nitrogen and oxygen atoms in total. The molecule has 121 heavy (non-hydrogen) atoms. The van der Waals surface area contributed by atoms with E-state index in [1.165, 1.54) is 61.4 Å². The van der Waals surface area contributed by atoms with Crippen molar-refractivity contribution in [1.82, 2.24) is 0 Å². The lowest BCUT2D eigenvalue weighted by molar-refractivity contribution is -0.163. The number of carbonyl (C=O) groups is 6. The number of hydrogen-bond donors (Lipinski definition) is 2. The number of aliphatic hydroxyl groups is 1. The molecule has 8 aromatic carbocycles. The summed E-state index contributed by atoms with van der Waals surface area (Å²) in [5.74, 6) is 5.23. The van der Waals surface area contributed by atoms with Crippen LogP contribution in [0.3, 0.4) is 0 Å². The van der Waals surface area contributed by atoms with Crippen LogP contribution in [0.25, 0.3) is 24.3 Å². The number of benzene rings is 8. The van der Waals surface area contributed by atoms with Crippen molar-refractivity contribution in [2.24, 2.45) is 0 Å². The Hall–Kier alpha value is -11.1. The second-order valence-electron chi connectivity index (χ2n) is 24.7. The molecule has 0 bridgehead atoms. The van der Waals surface area contributed by atoms with Gasteiger partial charge in [-0.2, -0.15) is 0 Å². The van der Waals surface area contributed by atoms with Crippen LogP contribution in [0, 0.1) is 0 Å². The number of phenols is 1. The van der Waals surface area contributed by atoms with E-state index in [1.807, 2.05) is 97.1 Å². The lowest BCUT2D eigenvalue weighted by Crippen LogP contribution is -2.23. The molecule has 0 saturated carbocycles. The predicted octanol–water partition coefficient (Wildman–Crippen LogP) is 18.5. The van der Waals surface area contributed by atoms with Crippen molar-refractivity contribution < 1.29 is 115 Å². The number of aliphatic hydroxyl groups excluding tert-OH is 1. The van der Waals surface area contributed by atoms with Gasteiger partial charge >= 0.3 is 31.1 Å². The molecule has 2 N–H and O–H groups in total. The highest BCUT2D eigenvalue weighted by molar-refractivity contribution is 8.24. The van der Waals surface area contributed by atoms with Gasteiger partial charge in [-0.3, -0.25) is 4.79 Å². The van der Waals surface area contributed by atoms with Crippen LogP contribution in [0.2, 0.25) is 0 Å². The van der Waals surface area contributed by atoms with Crippen molar-refractivity contribution >= 4 is 110 Å². The molecule has 0 spiro atoms. The Labute approximate surface area is 727 Å². The predicted molar refractivity (Wildman–Crippen MR) is 478 cm³/mol. The van der Waals surface area contributed by atoms with Gasteiger partial charge in [-0.15, -0.1) is 11.6 Å². The number of hydrogen-bond acceptors (Lipinski definition) is 25. The maximum absolute atomic E-state index is 12.0. The summed E-state index contributed by atoms with van der Waals surface area (Å²) in [6.45, 7) is 10.3. The maximum Gasteiger partial charge on any atom is 0.355 e. The summed E-state index contributed by atoms with van der Waals surface area (Å²) in [6, 6.07) is 55.7. The summed E-state index contributed by atoms with van der Waals surface area (Å²) in [4.78, 5) is 67.6. The molecular weight excluding hydrogens is 1650 g/mol. The Balaban J connectivity index is 0.000000319. The summed E-state index contributed by atoms with van der Waals surface area (Å²) in [5, 5.41) is 17.3. The van der Waals surface area contributed by atoms with Crippen LogP contribution in [0.5, 0.6) is 69.0 Å². The van der Waals surface area contributed by atoms with Crippen molar-refractivity contribution in [3.8, 4) is 69.0 Å². The van der Waals surface area contributed by atoms with Crippen LogP contribution in [-0.4, -0.2) is 153 Å². The molecule has 2 heterocycles. The van der Waals surface area contributed by atoms with E-state index in [0.29, 0.717) is 79.6 Å². The van der Waals surface area contributed by atoms with Crippen molar-refractivity contribution in [3.05, 3.63) is 266 Å². The lowest BCUT2D eigenvalue weighted by atomic mass is 10.2. The first-order valence-corrected chi connectivity index (χ1v) is 42.7. The first-order valence-electron chi connectivity index (χ1n) is 38.7. The Morgan fingerprint density at radius 3 is 0.967 bits per heavy atom. The number of methoxy groups -OCH3 is 4. The van der Waals surface area contributed by atoms with Crippen molar-refractivity contribution in [2.75, 3.05) is 93.8 Å². The molecule has 10 rings (SSSR count). The van der Waals surface area contributed by atoms with Gasteiger partial charge in [0.2, 0.25) is 5.24 Å². The average molecular weight is 1760 g/mol. The molecular formula is C92H105Cl2O24P2S+. The van der Waals surface area contributed by atoms with Gasteiger partial charge < -0.3 is 86.0 Å². The molecule has 646 valence electrons. The minimum absolute atomic E-state index is 0.0481. The molecule has 8 aromatic rings. The SMILES string of the molecule is C=CC(=O)Cl.C=CC(=O)OCCCOc1ccc(OC(=O)/C=C/c2ccc(OC)cc2)cc1.COc1ccc(/C=C/C(=O)Oc2ccc(O)cc2)cc1.COc1ccc(/C=C/C(=O)Oc2ccc(OCCCO)cc2)cc1.COc1ccc(/C=C/C(=O)Oc2ccc(OCCCOC3CCCCO3)cc2)cc1.ClCCCOC1CCCCO1.[3H][P+](P)=S. The van der Waals surface area contributed by atoms with Gasteiger partial charge in [0, 0.05) is 75.3 Å². The quantitative estimate of drug-likeness (QED) is 0.00695. The highest BCUT2D eigenvalue weighted by Gasteiger charge is 2.15. The van der Waals surface area contributed by atoms with E-state index >= 15 is 0 Å². The van der Waals surface area contributed by atoms with Crippen molar-refractivity contribution in [1.29, 1.82) is 1.28 Å². The summed E-state index contributed by atoms with van der Waals surface area (Å²) in [6.07, 6.45) is 23.8. The van der Waals surface area contributed by atoms with Gasteiger partial charge in [-0.25, -0.2) is 24.0 Å². The molecule has 29 heteroatoms. The number of halogens is 2. The zero-order valence-corrected chi connectivity index (χ0v) is 72.4. The maximum atomic E-state index is 12.0. The highest BCUT2D eigenvalue weighted by Crippen LogP contribution is 2.25. The number of rotatable bonds is 37. The van der Waals surface area contributed by atoms with Crippen LogP contribution in [0.15, 0.2) is 244 Å². The van der Waals surface area contributed by atoms with Crippen molar-refractivity contribution in [2.45, 2.75) is 76.8 Å². The number of phenolic OH excluding ortho intramolecular Hbond substituents is 1. The normalized spacial score (nSPS) is 13.2. The zero-order chi connectivity index (χ0) is 88.6. The Bertz CT molecular complexity index is 4430. The van der Waals surface area contributed by atoms with E-state index in [-0.39, 0.29) is 31.5 Å². The monoisotopic (exact) mass is 1760 g/mol. The second kappa shape index (κ2) is 64.8. The summed E-state index contributed by atoms with van der Waals surface area (Å²) in [7, 11) is 8.61. The number of carbonyl (C=O) groups excluding carboxylic acids is 6. The number of aromatic hydroxyl groups is 1. The van der Waals surface area contributed by atoms with Crippen LogP contribution in [0.4, 0.5) is 0 Å². The molecule has 2 saturated heterocycles. The summed E-state index contributed by atoms with van der Waals surface area (Å²) in [5.41, 5.74) is 3.49. The third-order valence-corrected chi connectivity index (χ3v) is 16.1. The van der Waals surface area contributed by atoms with E-state index in [9.17, 15) is 28.8 Å². The molecule has 0 amide bonds. The zero-order valence-electron chi connectivity index (χ0n) is 69.0.